The van der Waals surface area contributed by atoms with Crippen LogP contribution in [0.3, 0.4) is 0 Å². The molecule has 0 spiro atoms. The molecule has 334 valence electrons. The van der Waals surface area contributed by atoms with E-state index in [0.717, 1.165) is 32.9 Å². The molecule has 2 aliphatic rings. The summed E-state index contributed by atoms with van der Waals surface area (Å²) in [5.41, 5.74) is 4.60. The number of likely N-dealkylation sites (tertiary alicyclic amines) is 1. The summed E-state index contributed by atoms with van der Waals surface area (Å²) in [5.74, 6) is -4.41. The molecule has 6 rings (SSSR count). The molecule has 4 N–H and O–H groups in total. The molecular formula is C44H55F2N7O7S2. The number of benzene rings is 2. The number of ether oxygens (including phenoxy) is 2. The fourth-order valence-electron chi connectivity index (χ4n) is 7.42. The summed E-state index contributed by atoms with van der Waals surface area (Å²) >= 11 is 2.93. The molecule has 0 radical (unpaired) electrons. The van der Waals surface area contributed by atoms with Gasteiger partial charge >= 0.3 is 0 Å². The second kappa shape index (κ2) is 20.9. The Hall–Kier alpha value is -5.04. The van der Waals surface area contributed by atoms with Crippen molar-refractivity contribution in [3.8, 4) is 27.4 Å². The number of β-amino-alcohol motifs (C(OH)–C–C–N with tert-alkyl or cyclic N) is 1. The minimum Gasteiger partial charge on any atom is -0.480 e. The summed E-state index contributed by atoms with van der Waals surface area (Å²) in [6.07, 6.45) is 0.874. The van der Waals surface area contributed by atoms with Crippen molar-refractivity contribution in [2.45, 2.75) is 91.0 Å². The Bertz CT molecular complexity index is 2190. The van der Waals surface area contributed by atoms with E-state index in [1.165, 1.54) is 22.3 Å². The van der Waals surface area contributed by atoms with Gasteiger partial charge in [-0.3, -0.25) is 19.2 Å². The zero-order valence-corrected chi connectivity index (χ0v) is 37.3. The highest BCUT2D eigenvalue weighted by atomic mass is 32.1. The Kier molecular flexibility index (Phi) is 15.7. The fourth-order valence-corrected chi connectivity index (χ4v) is 9.11. The fraction of sp³-hybridized carbons (Fsp3) is 0.500. The van der Waals surface area contributed by atoms with Crippen LogP contribution in [-0.2, 0) is 23.9 Å². The third-order valence-corrected chi connectivity index (χ3v) is 12.8. The van der Waals surface area contributed by atoms with Gasteiger partial charge in [-0.25, -0.2) is 14.4 Å². The lowest BCUT2D eigenvalue weighted by molar-refractivity contribution is -0.144. The Morgan fingerprint density at radius 3 is 2.44 bits per heavy atom. The lowest BCUT2D eigenvalue weighted by atomic mass is 9.85. The van der Waals surface area contributed by atoms with Crippen LogP contribution in [0.4, 0.5) is 13.9 Å². The molecule has 2 unspecified atom stereocenters. The standard InChI is InChI=1S/C44H55F2N7O7S2/c1-26(28-10-12-29(13-11-28)39-27(2)48-25-62-39)49-41(57)34-21-30(54)22-53(34)42(58)40(44(3,4)5)51-35(55)9-7-6-8-16-47-36(56)23-60-38-31(14-15-32(45)37(38)46)33-24-61-43(50-33)52-17-19-59-20-18-52/h10-15,24-26,30,34,40,54H,6-9,16-23H2,1-5H3,(H,47,56)(H,49,57)(H,51,55)/t26-,30?,34-,40?/m0/s1. The first-order chi connectivity index (χ1) is 29.6. The maximum Gasteiger partial charge on any atom is 0.257 e. The maximum absolute atomic E-state index is 14.9. The minimum atomic E-state index is -1.21. The third-order valence-electron chi connectivity index (χ3n) is 10.9. The van der Waals surface area contributed by atoms with Crippen molar-refractivity contribution in [3.63, 3.8) is 0 Å². The third kappa shape index (κ3) is 11.7. The van der Waals surface area contributed by atoms with Crippen LogP contribution in [0.2, 0.25) is 0 Å². The van der Waals surface area contributed by atoms with Crippen LogP contribution >= 0.6 is 22.7 Å². The van der Waals surface area contributed by atoms with Crippen molar-refractivity contribution in [2.24, 2.45) is 5.41 Å². The zero-order chi connectivity index (χ0) is 44.6. The average Bonchev–Trinajstić information content (AvgIpc) is 4.01. The van der Waals surface area contributed by atoms with Gasteiger partial charge in [0.25, 0.3) is 5.91 Å². The summed E-state index contributed by atoms with van der Waals surface area (Å²) in [5, 5.41) is 21.7. The predicted molar refractivity (Wildman–Crippen MR) is 234 cm³/mol. The van der Waals surface area contributed by atoms with Crippen LogP contribution in [-0.4, -0.2) is 108 Å². The van der Waals surface area contributed by atoms with E-state index in [0.29, 0.717) is 51.3 Å². The molecule has 0 saturated carbocycles. The molecule has 14 nitrogen and oxygen atoms in total. The van der Waals surface area contributed by atoms with Crippen LogP contribution in [0.1, 0.15) is 77.1 Å². The molecule has 2 aromatic carbocycles. The van der Waals surface area contributed by atoms with E-state index >= 15 is 0 Å². The molecule has 18 heteroatoms. The van der Waals surface area contributed by atoms with Crippen molar-refractivity contribution in [1.82, 2.24) is 30.8 Å². The molecule has 2 aliphatic heterocycles. The van der Waals surface area contributed by atoms with Gasteiger partial charge in [0.2, 0.25) is 23.5 Å². The quantitative estimate of drug-likeness (QED) is 0.0952. The van der Waals surface area contributed by atoms with Gasteiger partial charge in [0.05, 0.1) is 47.1 Å². The second-order valence-corrected chi connectivity index (χ2v) is 18.4. The number of rotatable bonds is 17. The number of amides is 4. The molecule has 4 atom stereocenters. The number of aromatic nitrogens is 2. The number of thiazole rings is 2. The van der Waals surface area contributed by atoms with Gasteiger partial charge in [0.15, 0.2) is 23.3 Å². The summed E-state index contributed by atoms with van der Waals surface area (Å²) < 4.78 is 40.1. The first-order valence-corrected chi connectivity index (χ1v) is 22.6. The molecule has 0 bridgehead atoms. The van der Waals surface area contributed by atoms with Crippen LogP contribution in [0.25, 0.3) is 21.7 Å². The zero-order valence-electron chi connectivity index (χ0n) is 35.7. The summed E-state index contributed by atoms with van der Waals surface area (Å²) in [4.78, 5) is 66.9. The number of aryl methyl sites for hydroxylation is 1. The van der Waals surface area contributed by atoms with Crippen LogP contribution in [0.15, 0.2) is 47.3 Å². The number of unbranched alkanes of at least 4 members (excludes halogenated alkanes) is 2. The molecule has 2 aromatic heterocycles. The van der Waals surface area contributed by atoms with Gasteiger partial charge in [-0.15, -0.1) is 22.7 Å². The summed E-state index contributed by atoms with van der Waals surface area (Å²) in [7, 11) is 0. The number of aliphatic hydroxyl groups excluding tert-OH is 1. The number of hydrogen-bond acceptors (Lipinski definition) is 12. The van der Waals surface area contributed by atoms with E-state index in [9.17, 15) is 33.1 Å². The van der Waals surface area contributed by atoms with E-state index in [2.05, 4.69) is 30.8 Å². The van der Waals surface area contributed by atoms with Gasteiger partial charge in [-0.05, 0) is 55.4 Å². The van der Waals surface area contributed by atoms with Gasteiger partial charge in [0.1, 0.15) is 12.1 Å². The maximum atomic E-state index is 14.9. The predicted octanol–water partition coefficient (Wildman–Crippen LogP) is 5.78. The van der Waals surface area contributed by atoms with E-state index in [4.69, 9.17) is 9.47 Å². The first-order valence-electron chi connectivity index (χ1n) is 20.9. The average molecular weight is 896 g/mol. The van der Waals surface area contributed by atoms with Crippen LogP contribution in [0.5, 0.6) is 5.75 Å². The van der Waals surface area contributed by atoms with Crippen LogP contribution in [0, 0.1) is 24.0 Å². The van der Waals surface area contributed by atoms with Crippen molar-refractivity contribution in [3.05, 3.63) is 70.2 Å². The molecule has 2 saturated heterocycles. The Morgan fingerprint density at radius 1 is 1.00 bits per heavy atom. The Balaban J connectivity index is 0.940. The first kappa shape index (κ1) is 46.5. The molecule has 62 heavy (non-hydrogen) atoms. The number of nitrogens with one attached hydrogen (secondary N) is 3. The highest BCUT2D eigenvalue weighted by molar-refractivity contribution is 7.14. The number of nitrogens with zero attached hydrogens (tertiary/aromatic N) is 4. The number of aliphatic hydroxyl groups is 1. The second-order valence-electron chi connectivity index (χ2n) is 16.7. The van der Waals surface area contributed by atoms with Crippen LogP contribution < -0.4 is 25.6 Å². The largest absolute Gasteiger partial charge is 0.480 e. The number of anilines is 1. The molecule has 0 aliphatic carbocycles. The number of carbonyl (C=O) groups is 4. The smallest absolute Gasteiger partial charge is 0.257 e. The van der Waals surface area contributed by atoms with E-state index in [1.54, 1.807) is 22.2 Å². The highest BCUT2D eigenvalue weighted by Gasteiger charge is 2.44. The monoisotopic (exact) mass is 895 g/mol. The SMILES string of the molecule is Cc1ncsc1-c1ccc([C@H](C)NC(=O)[C@@H]2CC(O)CN2C(=O)C(NC(=O)CCCCCNC(=O)COc2c(-c3csc(N4CCOCC4)n3)ccc(F)c2F)C(C)(C)C)cc1. The van der Waals surface area contributed by atoms with Gasteiger partial charge in [0, 0.05) is 50.0 Å². The van der Waals surface area contributed by atoms with Crippen molar-refractivity contribution >= 4 is 51.4 Å². The summed E-state index contributed by atoms with van der Waals surface area (Å²) in [6, 6.07) is 8.01. The lowest BCUT2D eigenvalue weighted by Crippen LogP contribution is -2.57. The molecule has 4 aromatic rings. The minimum absolute atomic E-state index is 0.0340. The Morgan fingerprint density at radius 2 is 1.74 bits per heavy atom. The number of carbonyl (C=O) groups excluding carboxylic acids is 4. The van der Waals surface area contributed by atoms with Crippen molar-refractivity contribution in [2.75, 3.05) is 50.9 Å². The van der Waals surface area contributed by atoms with E-state index in [1.807, 2.05) is 58.9 Å². The number of morpholine rings is 1. The molecular weight excluding hydrogens is 841 g/mol. The number of halogens is 2. The van der Waals surface area contributed by atoms with Crippen molar-refractivity contribution in [1.29, 1.82) is 0 Å². The topological polar surface area (TPSA) is 175 Å². The molecule has 2 fully saturated rings. The highest BCUT2D eigenvalue weighted by Crippen LogP contribution is 2.37. The van der Waals surface area contributed by atoms with Gasteiger partial charge in [-0.2, -0.15) is 4.39 Å². The van der Waals surface area contributed by atoms with Crippen molar-refractivity contribution < 1.29 is 42.5 Å². The van der Waals surface area contributed by atoms with E-state index in [-0.39, 0.29) is 49.4 Å². The van der Waals surface area contributed by atoms with Gasteiger partial charge < -0.3 is 40.3 Å². The molecule has 4 heterocycles. The summed E-state index contributed by atoms with van der Waals surface area (Å²) in [6.45, 7) is 11.5. The Labute approximate surface area is 368 Å². The van der Waals surface area contributed by atoms with E-state index < -0.39 is 59.4 Å². The lowest BCUT2D eigenvalue weighted by Gasteiger charge is -2.35. The van der Waals surface area contributed by atoms with Gasteiger partial charge in [-0.1, -0.05) is 51.5 Å². The molecule has 4 amide bonds. The number of hydrogen-bond donors (Lipinski definition) is 4. The normalized spacial score (nSPS) is 17.7.